The summed E-state index contributed by atoms with van der Waals surface area (Å²) >= 11 is 4.77. The van der Waals surface area contributed by atoms with Gasteiger partial charge in [0.15, 0.2) is 0 Å². The van der Waals surface area contributed by atoms with Crippen LogP contribution >= 0.6 is 27.3 Å². The molecule has 1 aromatic heterocycles. The van der Waals surface area contributed by atoms with Crippen LogP contribution in [0.2, 0.25) is 0 Å². The van der Waals surface area contributed by atoms with Crippen molar-refractivity contribution in [1.82, 2.24) is 4.98 Å². The summed E-state index contributed by atoms with van der Waals surface area (Å²) in [5.41, 5.74) is 7.36. The van der Waals surface area contributed by atoms with Crippen molar-refractivity contribution in [2.24, 2.45) is 17.6 Å². The Bertz CT molecular complexity index is 290. The first-order valence-electron chi connectivity index (χ1n) is 4.55. The number of hydrogen-bond donors (Lipinski definition) is 2. The molecule has 0 fully saturated rings. The van der Waals surface area contributed by atoms with Gasteiger partial charge in [-0.25, -0.2) is 4.98 Å². The summed E-state index contributed by atoms with van der Waals surface area (Å²) in [4.78, 5) is 4.92. The molecule has 0 amide bonds. The molecule has 3 nitrogen and oxygen atoms in total. The van der Waals surface area contributed by atoms with Gasteiger partial charge in [0.05, 0.1) is 16.5 Å². The number of aliphatic hydroxyl groups excluding tert-OH is 1. The van der Waals surface area contributed by atoms with Crippen LogP contribution in [0.25, 0.3) is 0 Å². The van der Waals surface area contributed by atoms with Gasteiger partial charge >= 0.3 is 0 Å². The van der Waals surface area contributed by atoms with Crippen molar-refractivity contribution < 1.29 is 5.11 Å². The van der Waals surface area contributed by atoms with E-state index in [0.29, 0.717) is 12.5 Å². The van der Waals surface area contributed by atoms with Crippen LogP contribution in [0.15, 0.2) is 10.1 Å². The van der Waals surface area contributed by atoms with Crippen LogP contribution in [0.4, 0.5) is 0 Å². The standard InChI is InChI=1S/C9H15BrN2OS/c1-5(2)6(3-11)7(13)8-9(10)12-4-14-8/h4-7,13H,3,11H2,1-2H3. The van der Waals surface area contributed by atoms with E-state index in [0.717, 1.165) is 9.48 Å². The van der Waals surface area contributed by atoms with E-state index in [-0.39, 0.29) is 5.92 Å². The molecule has 0 aromatic carbocycles. The van der Waals surface area contributed by atoms with Crippen molar-refractivity contribution in [2.75, 3.05) is 6.54 Å². The smallest absolute Gasteiger partial charge is 0.122 e. The molecule has 0 bridgehead atoms. The van der Waals surface area contributed by atoms with E-state index < -0.39 is 6.10 Å². The molecule has 1 rings (SSSR count). The quantitative estimate of drug-likeness (QED) is 0.888. The third-order valence-electron chi connectivity index (χ3n) is 2.35. The summed E-state index contributed by atoms with van der Waals surface area (Å²) in [5.74, 6) is 0.454. The van der Waals surface area contributed by atoms with E-state index in [2.05, 4.69) is 34.8 Å². The molecule has 0 saturated carbocycles. The van der Waals surface area contributed by atoms with Crippen LogP contribution in [0.1, 0.15) is 24.8 Å². The zero-order chi connectivity index (χ0) is 10.7. The monoisotopic (exact) mass is 278 g/mol. The number of aromatic nitrogens is 1. The van der Waals surface area contributed by atoms with Crippen LogP contribution in [-0.4, -0.2) is 16.6 Å². The van der Waals surface area contributed by atoms with Crippen molar-refractivity contribution in [3.05, 3.63) is 15.0 Å². The third-order valence-corrected chi connectivity index (χ3v) is 4.15. The van der Waals surface area contributed by atoms with Gasteiger partial charge in [-0.2, -0.15) is 0 Å². The number of aliphatic hydroxyl groups is 1. The highest BCUT2D eigenvalue weighted by Crippen LogP contribution is 2.33. The second-order valence-corrected chi connectivity index (χ2v) is 5.23. The van der Waals surface area contributed by atoms with E-state index >= 15 is 0 Å². The van der Waals surface area contributed by atoms with Crippen LogP contribution in [0, 0.1) is 11.8 Å². The van der Waals surface area contributed by atoms with E-state index in [4.69, 9.17) is 5.73 Å². The Morgan fingerprint density at radius 1 is 1.64 bits per heavy atom. The molecular formula is C9H15BrN2OS. The maximum absolute atomic E-state index is 10.1. The molecule has 0 spiro atoms. The highest BCUT2D eigenvalue weighted by atomic mass is 79.9. The predicted octanol–water partition coefficient (Wildman–Crippen LogP) is 2.17. The molecule has 0 radical (unpaired) electrons. The molecular weight excluding hydrogens is 264 g/mol. The maximum Gasteiger partial charge on any atom is 0.122 e. The highest BCUT2D eigenvalue weighted by molar-refractivity contribution is 9.10. The Morgan fingerprint density at radius 3 is 2.64 bits per heavy atom. The van der Waals surface area contributed by atoms with Crippen molar-refractivity contribution in [3.8, 4) is 0 Å². The molecule has 0 aliphatic rings. The molecule has 80 valence electrons. The number of nitrogens with two attached hydrogens (primary N) is 1. The van der Waals surface area contributed by atoms with Crippen LogP contribution in [-0.2, 0) is 0 Å². The van der Waals surface area contributed by atoms with E-state index in [9.17, 15) is 5.11 Å². The zero-order valence-corrected chi connectivity index (χ0v) is 10.7. The first-order chi connectivity index (χ1) is 6.57. The summed E-state index contributed by atoms with van der Waals surface area (Å²) < 4.78 is 0.731. The van der Waals surface area contributed by atoms with Gasteiger partial charge in [0.2, 0.25) is 0 Å². The van der Waals surface area contributed by atoms with E-state index in [1.165, 1.54) is 11.3 Å². The summed E-state index contributed by atoms with van der Waals surface area (Å²) in [6.07, 6.45) is -0.512. The minimum absolute atomic E-state index is 0.0896. The van der Waals surface area contributed by atoms with Gasteiger partial charge in [-0.05, 0) is 28.4 Å². The molecule has 0 aliphatic heterocycles. The first kappa shape index (κ1) is 12.1. The Balaban J connectivity index is 2.83. The fourth-order valence-electron chi connectivity index (χ4n) is 1.39. The molecule has 2 unspecified atom stereocenters. The first-order valence-corrected chi connectivity index (χ1v) is 6.22. The summed E-state index contributed by atoms with van der Waals surface area (Å²) in [7, 11) is 0. The SMILES string of the molecule is CC(C)C(CN)C(O)c1scnc1Br. The molecule has 2 atom stereocenters. The molecule has 0 saturated heterocycles. The predicted molar refractivity (Wildman–Crippen MR) is 62.2 cm³/mol. The lowest BCUT2D eigenvalue weighted by Crippen LogP contribution is -2.26. The number of hydrogen-bond acceptors (Lipinski definition) is 4. The van der Waals surface area contributed by atoms with E-state index in [1.54, 1.807) is 5.51 Å². The largest absolute Gasteiger partial charge is 0.387 e. The van der Waals surface area contributed by atoms with Gasteiger partial charge in [-0.3, -0.25) is 0 Å². The lowest BCUT2D eigenvalue weighted by molar-refractivity contribution is 0.0884. The molecule has 14 heavy (non-hydrogen) atoms. The number of rotatable bonds is 4. The minimum Gasteiger partial charge on any atom is -0.387 e. The molecule has 1 heterocycles. The average molecular weight is 279 g/mol. The fraction of sp³-hybridized carbons (Fsp3) is 0.667. The minimum atomic E-state index is -0.512. The zero-order valence-electron chi connectivity index (χ0n) is 8.27. The Labute approximate surface area is 96.5 Å². The fourth-order valence-corrected chi connectivity index (χ4v) is 2.88. The number of nitrogens with zero attached hydrogens (tertiary/aromatic N) is 1. The molecule has 3 N–H and O–H groups in total. The van der Waals surface area contributed by atoms with Gasteiger partial charge in [-0.1, -0.05) is 13.8 Å². The van der Waals surface area contributed by atoms with Gasteiger partial charge in [0.1, 0.15) is 4.60 Å². The summed E-state index contributed by atoms with van der Waals surface area (Å²) in [6, 6.07) is 0. The van der Waals surface area contributed by atoms with Crippen molar-refractivity contribution in [1.29, 1.82) is 0 Å². The Hall–Kier alpha value is 0.0300. The van der Waals surface area contributed by atoms with Crippen molar-refractivity contribution in [3.63, 3.8) is 0 Å². The average Bonchev–Trinajstić information content (AvgIpc) is 2.51. The van der Waals surface area contributed by atoms with Gasteiger partial charge in [0, 0.05) is 5.92 Å². The van der Waals surface area contributed by atoms with Gasteiger partial charge < -0.3 is 10.8 Å². The second-order valence-electron chi connectivity index (χ2n) is 3.60. The van der Waals surface area contributed by atoms with Crippen LogP contribution < -0.4 is 5.73 Å². The Morgan fingerprint density at radius 2 is 2.29 bits per heavy atom. The van der Waals surface area contributed by atoms with Gasteiger partial charge in [0.25, 0.3) is 0 Å². The highest BCUT2D eigenvalue weighted by Gasteiger charge is 2.25. The Kier molecular flexibility index (Phi) is 4.50. The van der Waals surface area contributed by atoms with Crippen molar-refractivity contribution in [2.45, 2.75) is 20.0 Å². The summed E-state index contributed by atoms with van der Waals surface area (Å²) in [6.45, 7) is 4.62. The number of halogens is 1. The molecule has 1 aromatic rings. The lowest BCUT2D eigenvalue weighted by atomic mass is 9.90. The third kappa shape index (κ3) is 2.53. The topological polar surface area (TPSA) is 59.1 Å². The van der Waals surface area contributed by atoms with E-state index in [1.807, 2.05) is 0 Å². The molecule has 0 aliphatic carbocycles. The van der Waals surface area contributed by atoms with Crippen molar-refractivity contribution >= 4 is 27.3 Å². The van der Waals surface area contributed by atoms with Crippen LogP contribution in [0.3, 0.4) is 0 Å². The number of thiazole rings is 1. The second kappa shape index (κ2) is 5.21. The van der Waals surface area contributed by atoms with Crippen LogP contribution in [0.5, 0.6) is 0 Å². The normalized spacial score (nSPS) is 15.9. The maximum atomic E-state index is 10.1. The lowest BCUT2D eigenvalue weighted by Gasteiger charge is -2.23. The summed E-state index contributed by atoms with van der Waals surface area (Å²) in [5, 5.41) is 10.1. The molecule has 5 heteroatoms. The van der Waals surface area contributed by atoms with Gasteiger partial charge in [-0.15, -0.1) is 11.3 Å².